The Bertz CT molecular complexity index is 1220. The van der Waals surface area contributed by atoms with Crippen LogP contribution in [0.1, 0.15) is 17.3 Å². The molecule has 31 heavy (non-hydrogen) atoms. The molecule has 4 rings (SSSR count). The molecule has 2 aromatic heterocycles. The van der Waals surface area contributed by atoms with Crippen molar-refractivity contribution in [2.75, 3.05) is 18.5 Å². The Labute approximate surface area is 183 Å². The minimum absolute atomic E-state index is 0.372. The van der Waals surface area contributed by atoms with Crippen LogP contribution >= 0.6 is 11.3 Å². The van der Waals surface area contributed by atoms with Gasteiger partial charge in [-0.25, -0.2) is 9.78 Å². The zero-order valence-corrected chi connectivity index (χ0v) is 17.6. The fourth-order valence-electron chi connectivity index (χ4n) is 3.14. The lowest BCUT2D eigenvalue weighted by molar-refractivity contribution is -0.119. The highest BCUT2D eigenvalue weighted by atomic mass is 32.1. The molecule has 7 heteroatoms. The van der Waals surface area contributed by atoms with Crippen molar-refractivity contribution in [3.63, 3.8) is 0 Å². The van der Waals surface area contributed by atoms with E-state index in [1.807, 2.05) is 54.8 Å². The molecule has 1 N–H and O–H groups in total. The maximum atomic E-state index is 12.9. The molecule has 6 nitrogen and oxygen atoms in total. The summed E-state index contributed by atoms with van der Waals surface area (Å²) in [5.74, 6) is -0.465. The Morgan fingerprint density at radius 3 is 2.65 bits per heavy atom. The second-order valence-corrected chi connectivity index (χ2v) is 7.55. The predicted molar refractivity (Wildman–Crippen MR) is 122 cm³/mol. The normalized spacial score (nSPS) is 10.6. The lowest BCUT2D eigenvalue weighted by atomic mass is 10.1. The Hall–Kier alpha value is -3.71. The number of nitrogens with zero attached hydrogens (tertiary/aromatic N) is 1. The van der Waals surface area contributed by atoms with Crippen LogP contribution in [0.15, 0.2) is 72.1 Å². The van der Waals surface area contributed by atoms with E-state index >= 15 is 0 Å². The van der Waals surface area contributed by atoms with E-state index in [0.717, 1.165) is 4.88 Å². The molecule has 0 atom stereocenters. The Kier molecular flexibility index (Phi) is 6.24. The van der Waals surface area contributed by atoms with Gasteiger partial charge < -0.3 is 14.8 Å². The smallest absolute Gasteiger partial charge is 0.339 e. The molecule has 0 aliphatic rings. The number of aromatic nitrogens is 1. The van der Waals surface area contributed by atoms with E-state index < -0.39 is 18.5 Å². The predicted octanol–water partition coefficient (Wildman–Crippen LogP) is 5.16. The van der Waals surface area contributed by atoms with Gasteiger partial charge in [-0.3, -0.25) is 4.79 Å². The van der Waals surface area contributed by atoms with Gasteiger partial charge in [0, 0.05) is 5.39 Å². The van der Waals surface area contributed by atoms with Crippen molar-refractivity contribution in [3.05, 3.63) is 77.7 Å². The molecule has 0 spiro atoms. The topological polar surface area (TPSA) is 77.5 Å². The number of carbonyl (C=O) groups excluding carboxylic acids is 2. The van der Waals surface area contributed by atoms with Gasteiger partial charge in [-0.15, -0.1) is 11.3 Å². The van der Waals surface area contributed by atoms with Gasteiger partial charge in [-0.2, -0.15) is 0 Å². The average Bonchev–Trinajstić information content (AvgIpc) is 3.33. The lowest BCUT2D eigenvalue weighted by Crippen LogP contribution is -2.21. The molecular formula is C24H20N2O4S. The van der Waals surface area contributed by atoms with Crippen LogP contribution in [0.2, 0.25) is 0 Å². The monoisotopic (exact) mass is 432 g/mol. The fourth-order valence-corrected chi connectivity index (χ4v) is 3.83. The molecule has 0 aliphatic carbocycles. The summed E-state index contributed by atoms with van der Waals surface area (Å²) in [7, 11) is 0. The fraction of sp³-hybridized carbons (Fsp3) is 0.125. The Morgan fingerprint density at radius 1 is 1.03 bits per heavy atom. The number of rotatable bonds is 7. The quantitative estimate of drug-likeness (QED) is 0.408. The number of thiophene rings is 1. The zero-order valence-electron chi connectivity index (χ0n) is 16.8. The number of fused-ring (bicyclic) bond motifs is 1. The molecule has 2 heterocycles. The maximum absolute atomic E-state index is 12.9. The van der Waals surface area contributed by atoms with Gasteiger partial charge in [0.2, 0.25) is 0 Å². The second kappa shape index (κ2) is 9.40. The summed E-state index contributed by atoms with van der Waals surface area (Å²) in [6, 6.07) is 20.1. The third-order valence-corrected chi connectivity index (χ3v) is 5.40. The number of hydrogen-bond donors (Lipinski definition) is 1. The first kappa shape index (κ1) is 20.6. The first-order chi connectivity index (χ1) is 15.2. The Balaban J connectivity index is 1.52. The van der Waals surface area contributed by atoms with Crippen LogP contribution < -0.4 is 10.1 Å². The first-order valence-corrected chi connectivity index (χ1v) is 10.7. The number of amides is 1. The van der Waals surface area contributed by atoms with Gasteiger partial charge in [0.1, 0.15) is 5.75 Å². The van der Waals surface area contributed by atoms with Crippen molar-refractivity contribution in [1.82, 2.24) is 4.98 Å². The number of para-hydroxylation sites is 3. The minimum atomic E-state index is -0.579. The molecule has 2 aromatic carbocycles. The molecule has 1 amide bonds. The largest absolute Gasteiger partial charge is 0.492 e. The second-order valence-electron chi connectivity index (χ2n) is 6.60. The van der Waals surface area contributed by atoms with Crippen LogP contribution in [0.25, 0.3) is 21.5 Å². The molecule has 0 radical (unpaired) electrons. The highest BCUT2D eigenvalue weighted by Crippen LogP contribution is 2.28. The van der Waals surface area contributed by atoms with Crippen molar-refractivity contribution in [1.29, 1.82) is 0 Å². The zero-order chi connectivity index (χ0) is 21.6. The van der Waals surface area contributed by atoms with Crippen molar-refractivity contribution in [3.8, 4) is 16.3 Å². The van der Waals surface area contributed by atoms with Crippen molar-refractivity contribution in [2.45, 2.75) is 6.92 Å². The van der Waals surface area contributed by atoms with Crippen LogP contribution in [0.4, 0.5) is 5.69 Å². The molecule has 0 saturated carbocycles. The SMILES string of the molecule is CCOc1ccccc1NC(=O)COC(=O)c1cc(-c2cccs2)nc2ccccc12. The van der Waals surface area contributed by atoms with Crippen molar-refractivity contribution in [2.24, 2.45) is 0 Å². The summed E-state index contributed by atoms with van der Waals surface area (Å²) < 4.78 is 10.8. The highest BCUT2D eigenvalue weighted by Gasteiger charge is 2.17. The van der Waals surface area contributed by atoms with E-state index in [1.165, 1.54) is 11.3 Å². The highest BCUT2D eigenvalue weighted by molar-refractivity contribution is 7.13. The number of pyridine rings is 1. The molecule has 0 bridgehead atoms. The van der Waals surface area contributed by atoms with E-state index in [0.29, 0.717) is 40.2 Å². The number of esters is 1. The molecule has 0 fully saturated rings. The summed E-state index contributed by atoms with van der Waals surface area (Å²) in [4.78, 5) is 30.8. The maximum Gasteiger partial charge on any atom is 0.339 e. The average molecular weight is 433 g/mol. The summed E-state index contributed by atoms with van der Waals surface area (Å²) in [5, 5.41) is 5.35. The number of ether oxygens (including phenoxy) is 2. The van der Waals surface area contributed by atoms with Gasteiger partial charge in [0.05, 0.1) is 33.9 Å². The third-order valence-electron chi connectivity index (χ3n) is 4.51. The Morgan fingerprint density at radius 2 is 1.84 bits per heavy atom. The molecular weight excluding hydrogens is 412 g/mol. The summed E-state index contributed by atoms with van der Waals surface area (Å²) in [6.45, 7) is 1.93. The molecule has 0 saturated heterocycles. The van der Waals surface area contributed by atoms with Crippen molar-refractivity contribution < 1.29 is 19.1 Å². The summed E-state index contributed by atoms with van der Waals surface area (Å²) in [6.07, 6.45) is 0. The van der Waals surface area contributed by atoms with E-state index in [4.69, 9.17) is 9.47 Å². The molecule has 0 aliphatic heterocycles. The molecule has 156 valence electrons. The van der Waals surface area contributed by atoms with Gasteiger partial charge in [-0.05, 0) is 42.6 Å². The van der Waals surface area contributed by atoms with Crippen LogP contribution in [-0.4, -0.2) is 30.1 Å². The van der Waals surface area contributed by atoms with Gasteiger partial charge in [0.15, 0.2) is 6.61 Å². The van der Waals surface area contributed by atoms with Gasteiger partial charge in [-0.1, -0.05) is 36.4 Å². The number of anilines is 1. The summed E-state index contributed by atoms with van der Waals surface area (Å²) >= 11 is 1.54. The van der Waals surface area contributed by atoms with Crippen LogP contribution in [0.3, 0.4) is 0 Å². The number of carbonyl (C=O) groups is 2. The lowest BCUT2D eigenvalue weighted by Gasteiger charge is -2.12. The summed E-state index contributed by atoms with van der Waals surface area (Å²) in [5.41, 5.74) is 2.28. The molecule has 0 unspecified atom stereocenters. The third kappa shape index (κ3) is 4.73. The van der Waals surface area contributed by atoms with E-state index in [9.17, 15) is 9.59 Å². The van der Waals surface area contributed by atoms with Crippen molar-refractivity contribution >= 4 is 39.8 Å². The standard InChI is InChI=1S/C24H20N2O4S/c1-2-29-21-11-6-5-10-19(21)26-23(27)15-30-24(28)17-14-20(22-12-7-13-31-22)25-18-9-4-3-8-16(17)18/h3-14H,2,15H2,1H3,(H,26,27). The van der Waals surface area contributed by atoms with Gasteiger partial charge >= 0.3 is 5.97 Å². The number of nitrogens with one attached hydrogen (secondary N) is 1. The van der Waals surface area contributed by atoms with Crippen LogP contribution in [-0.2, 0) is 9.53 Å². The van der Waals surface area contributed by atoms with Gasteiger partial charge in [0.25, 0.3) is 5.91 Å². The van der Waals surface area contributed by atoms with Crippen LogP contribution in [0, 0.1) is 0 Å². The van der Waals surface area contributed by atoms with E-state index in [-0.39, 0.29) is 0 Å². The minimum Gasteiger partial charge on any atom is -0.492 e. The van der Waals surface area contributed by atoms with E-state index in [1.54, 1.807) is 24.3 Å². The first-order valence-electron chi connectivity index (χ1n) is 9.78. The number of benzene rings is 2. The van der Waals surface area contributed by atoms with E-state index in [2.05, 4.69) is 10.3 Å². The number of hydrogen-bond acceptors (Lipinski definition) is 6. The van der Waals surface area contributed by atoms with Crippen LogP contribution in [0.5, 0.6) is 5.75 Å². The molecule has 4 aromatic rings.